The number of carbonyl (C=O) groups is 1. The number of rotatable bonds is 6. The van der Waals surface area contributed by atoms with E-state index in [0.29, 0.717) is 6.54 Å². The number of thiophene rings is 1. The Balaban J connectivity index is 1.82. The van der Waals surface area contributed by atoms with Gasteiger partial charge in [-0.2, -0.15) is 0 Å². The molecule has 1 amide bonds. The van der Waals surface area contributed by atoms with Crippen molar-refractivity contribution in [1.82, 2.24) is 10.6 Å². The van der Waals surface area contributed by atoms with E-state index in [-0.39, 0.29) is 11.4 Å². The summed E-state index contributed by atoms with van der Waals surface area (Å²) >= 11 is 7.47. The molecule has 1 saturated heterocycles. The maximum atomic E-state index is 12.4. The molecule has 0 radical (unpaired) electrons. The van der Waals surface area contributed by atoms with E-state index in [1.807, 2.05) is 12.1 Å². The van der Waals surface area contributed by atoms with E-state index < -0.39 is 0 Å². The molecule has 1 aliphatic rings. The van der Waals surface area contributed by atoms with Crippen LogP contribution in [0.3, 0.4) is 0 Å². The van der Waals surface area contributed by atoms with Gasteiger partial charge < -0.3 is 10.6 Å². The lowest BCUT2D eigenvalue weighted by Gasteiger charge is -2.27. The van der Waals surface area contributed by atoms with Crippen LogP contribution in [-0.2, 0) is 11.2 Å². The molecular weight excluding hydrogens is 280 g/mol. The third-order valence-corrected chi connectivity index (χ3v) is 4.93. The number of hydrogen-bond acceptors (Lipinski definition) is 3. The van der Waals surface area contributed by atoms with Crippen molar-refractivity contribution >= 4 is 28.8 Å². The second-order valence-corrected chi connectivity index (χ2v) is 6.87. The van der Waals surface area contributed by atoms with Crippen molar-refractivity contribution in [2.75, 3.05) is 13.1 Å². The highest BCUT2D eigenvalue weighted by atomic mass is 35.5. The molecule has 0 bridgehead atoms. The molecule has 2 N–H and O–H groups in total. The Hall–Kier alpha value is -0.580. The summed E-state index contributed by atoms with van der Waals surface area (Å²) in [5, 5.41) is 6.46. The van der Waals surface area contributed by atoms with E-state index in [1.165, 1.54) is 4.88 Å². The summed E-state index contributed by atoms with van der Waals surface area (Å²) in [4.78, 5) is 13.6. The van der Waals surface area contributed by atoms with Crippen LogP contribution in [0.2, 0.25) is 4.34 Å². The molecule has 1 atom stereocenters. The molecule has 1 fully saturated rings. The van der Waals surface area contributed by atoms with Crippen LogP contribution in [0.1, 0.15) is 37.5 Å². The van der Waals surface area contributed by atoms with Crippen LogP contribution in [0.4, 0.5) is 0 Å². The summed E-state index contributed by atoms with van der Waals surface area (Å²) in [7, 11) is 0. The lowest BCUT2D eigenvalue weighted by molar-refractivity contribution is -0.127. The molecule has 2 rings (SSSR count). The van der Waals surface area contributed by atoms with Gasteiger partial charge in [-0.05, 0) is 44.4 Å². The Kier molecular flexibility index (Phi) is 5.25. The number of nitrogens with one attached hydrogen (secondary N) is 2. The van der Waals surface area contributed by atoms with Crippen molar-refractivity contribution in [2.24, 2.45) is 0 Å². The van der Waals surface area contributed by atoms with Crippen molar-refractivity contribution in [1.29, 1.82) is 0 Å². The molecule has 1 unspecified atom stereocenters. The average molecular weight is 301 g/mol. The van der Waals surface area contributed by atoms with E-state index in [0.717, 1.165) is 43.0 Å². The Morgan fingerprint density at radius 2 is 2.42 bits per heavy atom. The van der Waals surface area contributed by atoms with E-state index in [9.17, 15) is 4.79 Å². The predicted molar refractivity (Wildman–Crippen MR) is 80.9 cm³/mol. The van der Waals surface area contributed by atoms with E-state index in [4.69, 9.17) is 11.6 Å². The lowest BCUT2D eigenvalue weighted by atomic mass is 9.91. The second-order valence-electron chi connectivity index (χ2n) is 5.07. The minimum Gasteiger partial charge on any atom is -0.354 e. The number of hydrogen-bond donors (Lipinski definition) is 2. The summed E-state index contributed by atoms with van der Waals surface area (Å²) in [6, 6.07) is 3.93. The summed E-state index contributed by atoms with van der Waals surface area (Å²) < 4.78 is 0.807. The van der Waals surface area contributed by atoms with Gasteiger partial charge in [0.2, 0.25) is 5.91 Å². The molecule has 106 valence electrons. The van der Waals surface area contributed by atoms with Gasteiger partial charge in [0.1, 0.15) is 0 Å². The molecule has 3 nitrogen and oxygen atoms in total. The van der Waals surface area contributed by atoms with Gasteiger partial charge in [-0.1, -0.05) is 24.9 Å². The fourth-order valence-electron chi connectivity index (χ4n) is 2.71. The van der Waals surface area contributed by atoms with Gasteiger partial charge in [-0.25, -0.2) is 0 Å². The average Bonchev–Trinajstić information content (AvgIpc) is 3.00. The molecule has 2 heterocycles. The van der Waals surface area contributed by atoms with E-state index >= 15 is 0 Å². The van der Waals surface area contributed by atoms with Crippen molar-refractivity contribution in [3.8, 4) is 0 Å². The molecule has 1 aromatic rings. The monoisotopic (exact) mass is 300 g/mol. The number of carbonyl (C=O) groups excluding carboxylic acids is 1. The van der Waals surface area contributed by atoms with Crippen LogP contribution >= 0.6 is 22.9 Å². The first kappa shape index (κ1) is 14.8. The van der Waals surface area contributed by atoms with Crippen LogP contribution in [0.15, 0.2) is 12.1 Å². The smallest absolute Gasteiger partial charge is 0.240 e. The van der Waals surface area contributed by atoms with Crippen molar-refractivity contribution < 1.29 is 4.79 Å². The van der Waals surface area contributed by atoms with E-state index in [2.05, 4.69) is 17.6 Å². The largest absolute Gasteiger partial charge is 0.354 e. The van der Waals surface area contributed by atoms with Gasteiger partial charge in [-0.15, -0.1) is 11.3 Å². The summed E-state index contributed by atoms with van der Waals surface area (Å²) in [5.41, 5.74) is -0.318. The molecular formula is C14H21ClN2OS. The van der Waals surface area contributed by atoms with Crippen molar-refractivity contribution in [2.45, 2.75) is 44.6 Å². The van der Waals surface area contributed by atoms with Crippen LogP contribution < -0.4 is 10.6 Å². The quantitative estimate of drug-likeness (QED) is 0.848. The topological polar surface area (TPSA) is 41.1 Å². The zero-order valence-corrected chi connectivity index (χ0v) is 12.9. The van der Waals surface area contributed by atoms with Crippen molar-refractivity contribution in [3.05, 3.63) is 21.3 Å². The Bertz CT molecular complexity index is 427. The molecule has 5 heteroatoms. The first-order valence-corrected chi connectivity index (χ1v) is 8.13. The SMILES string of the molecule is CCCC1(C(=O)NCCc2ccc(Cl)s2)CCCN1. The highest BCUT2D eigenvalue weighted by Gasteiger charge is 2.39. The van der Waals surface area contributed by atoms with Crippen molar-refractivity contribution in [3.63, 3.8) is 0 Å². The Morgan fingerprint density at radius 3 is 3.00 bits per heavy atom. The van der Waals surface area contributed by atoms with Gasteiger partial charge in [0.25, 0.3) is 0 Å². The molecule has 1 aromatic heterocycles. The van der Waals surface area contributed by atoms with Crippen LogP contribution in [0.5, 0.6) is 0 Å². The lowest BCUT2D eigenvalue weighted by Crippen LogP contribution is -2.53. The summed E-state index contributed by atoms with van der Waals surface area (Å²) in [6.45, 7) is 3.76. The van der Waals surface area contributed by atoms with Crippen LogP contribution in [0.25, 0.3) is 0 Å². The fourth-order valence-corrected chi connectivity index (χ4v) is 3.80. The molecule has 0 saturated carbocycles. The number of amides is 1. The Labute approximate surface area is 123 Å². The third kappa shape index (κ3) is 3.71. The maximum absolute atomic E-state index is 12.4. The standard InChI is InChI=1S/C14H21ClN2OS/c1-2-7-14(8-3-9-17-14)13(18)16-10-6-11-4-5-12(15)19-11/h4-5,17H,2-3,6-10H2,1H3,(H,16,18). The van der Waals surface area contributed by atoms with Crippen LogP contribution in [0, 0.1) is 0 Å². The second kappa shape index (κ2) is 6.73. The molecule has 19 heavy (non-hydrogen) atoms. The third-order valence-electron chi connectivity index (χ3n) is 3.64. The Morgan fingerprint density at radius 1 is 1.58 bits per heavy atom. The molecule has 0 aromatic carbocycles. The molecule has 0 spiro atoms. The minimum atomic E-state index is -0.318. The zero-order chi connectivity index (χ0) is 13.7. The molecule has 0 aliphatic carbocycles. The first-order valence-electron chi connectivity index (χ1n) is 6.94. The maximum Gasteiger partial charge on any atom is 0.240 e. The predicted octanol–water partition coefficient (Wildman–Crippen LogP) is 2.98. The fraction of sp³-hybridized carbons (Fsp3) is 0.643. The van der Waals surface area contributed by atoms with E-state index in [1.54, 1.807) is 11.3 Å². The van der Waals surface area contributed by atoms with Gasteiger partial charge in [0, 0.05) is 11.4 Å². The highest BCUT2D eigenvalue weighted by molar-refractivity contribution is 7.16. The van der Waals surface area contributed by atoms with Gasteiger partial charge in [-0.3, -0.25) is 4.79 Å². The first-order chi connectivity index (χ1) is 9.16. The molecule has 1 aliphatic heterocycles. The highest BCUT2D eigenvalue weighted by Crippen LogP contribution is 2.25. The number of halogens is 1. The summed E-state index contributed by atoms with van der Waals surface area (Å²) in [5.74, 6) is 0.162. The minimum absolute atomic E-state index is 0.162. The van der Waals surface area contributed by atoms with Gasteiger partial charge in [0.05, 0.1) is 9.88 Å². The zero-order valence-electron chi connectivity index (χ0n) is 11.3. The van der Waals surface area contributed by atoms with Gasteiger partial charge in [0.15, 0.2) is 0 Å². The van der Waals surface area contributed by atoms with Crippen LogP contribution in [-0.4, -0.2) is 24.5 Å². The van der Waals surface area contributed by atoms with Gasteiger partial charge >= 0.3 is 0 Å². The summed E-state index contributed by atoms with van der Waals surface area (Å²) in [6.07, 6.45) is 4.85. The normalized spacial score (nSPS) is 22.6.